The Bertz CT molecular complexity index is 637. The summed E-state index contributed by atoms with van der Waals surface area (Å²) in [5, 5.41) is 0.282. The molecule has 0 heterocycles. The predicted molar refractivity (Wildman–Crippen MR) is 83.5 cm³/mol. The molecule has 2 N–H and O–H groups in total. The largest absolute Gasteiger partial charge is 1.00 e. The second-order valence-corrected chi connectivity index (χ2v) is 7.14. The summed E-state index contributed by atoms with van der Waals surface area (Å²) in [6.45, 7) is 5.59. The van der Waals surface area contributed by atoms with Crippen LogP contribution in [-0.2, 0) is 0 Å². The Morgan fingerprint density at radius 1 is 1.00 bits per heavy atom. The molecule has 0 saturated heterocycles. The van der Waals surface area contributed by atoms with Gasteiger partial charge in [0.1, 0.15) is 0 Å². The van der Waals surface area contributed by atoms with E-state index < -0.39 is 13.2 Å². The topological polar surface area (TPSA) is 57.5 Å². The van der Waals surface area contributed by atoms with E-state index in [1.54, 1.807) is 30.3 Å². The molecule has 5 heteroatoms. The zero-order valence-electron chi connectivity index (χ0n) is 13.8. The molecule has 2 aromatic carbocycles. The van der Waals surface area contributed by atoms with Crippen molar-refractivity contribution in [3.05, 3.63) is 64.7 Å². The van der Waals surface area contributed by atoms with Gasteiger partial charge in [-0.05, 0) is 44.0 Å². The molecule has 0 aliphatic carbocycles. The van der Waals surface area contributed by atoms with Gasteiger partial charge in [-0.25, -0.2) is 14.6 Å². The van der Waals surface area contributed by atoms with Gasteiger partial charge in [-0.3, -0.25) is 0 Å². The molecular weight excluding hydrogens is 278 g/mol. The van der Waals surface area contributed by atoms with Crippen molar-refractivity contribution in [2.75, 3.05) is 0 Å². The number of hydrogen-bond donors (Lipinski definition) is 2. The maximum absolute atomic E-state index is 12.6. The Kier molecular flexibility index (Phi) is 5.93. The summed E-state index contributed by atoms with van der Waals surface area (Å²) < 4.78 is 0. The number of aryl methyl sites for hydroxylation is 3. The first-order chi connectivity index (χ1) is 9.34. The Balaban J connectivity index is 0.00000220. The van der Waals surface area contributed by atoms with Gasteiger partial charge in [-0.1, -0.05) is 35.9 Å². The van der Waals surface area contributed by atoms with Crippen molar-refractivity contribution >= 4 is 18.5 Å². The number of benzene rings is 2. The summed E-state index contributed by atoms with van der Waals surface area (Å²) >= 11 is 0. The minimum Gasteiger partial charge on any atom is -1.00 e. The predicted octanol–water partition coefficient (Wildman–Crippen LogP) is 0.0263. The number of hydrogen-bond acceptors (Lipinski definition) is 3. The van der Waals surface area contributed by atoms with Crippen LogP contribution in [0.25, 0.3) is 0 Å². The minimum absolute atomic E-state index is 0. The number of rotatable bonds is 3. The summed E-state index contributed by atoms with van der Waals surface area (Å²) in [4.78, 5) is 33.3. The summed E-state index contributed by atoms with van der Waals surface area (Å²) in [6.07, 6.45) is 0. The standard InChI is InChI=1S/C16H18O3P.Li.H/c1-11-9-12(2)15(13(3)10-11)16(17)20(18,19)14-7-5-4-6-8-14;;/h4-10,18-19H,1-3H3;;/q2*+1;-1. The third-order valence-electron chi connectivity index (χ3n) is 3.29. The van der Waals surface area contributed by atoms with Crippen molar-refractivity contribution in [2.24, 2.45) is 0 Å². The van der Waals surface area contributed by atoms with Crippen LogP contribution in [-0.4, -0.2) is 15.3 Å². The summed E-state index contributed by atoms with van der Waals surface area (Å²) in [6, 6.07) is 12.1. The summed E-state index contributed by atoms with van der Waals surface area (Å²) in [7, 11) is -3.82. The van der Waals surface area contributed by atoms with Gasteiger partial charge in [0.25, 0.3) is 0 Å². The molecule has 3 nitrogen and oxygen atoms in total. The molecule has 2 rings (SSSR count). The molecule has 106 valence electrons. The van der Waals surface area contributed by atoms with Crippen LogP contribution in [0.3, 0.4) is 0 Å². The average Bonchev–Trinajstić information content (AvgIpc) is 2.38. The molecule has 0 amide bonds. The molecule has 0 radical (unpaired) electrons. The van der Waals surface area contributed by atoms with Crippen LogP contribution in [0.15, 0.2) is 42.5 Å². The Labute approximate surface area is 139 Å². The van der Waals surface area contributed by atoms with Gasteiger partial charge in [-0.15, -0.1) is 0 Å². The summed E-state index contributed by atoms with van der Waals surface area (Å²) in [5.74, 6) is 0. The van der Waals surface area contributed by atoms with Crippen molar-refractivity contribution in [1.29, 1.82) is 0 Å². The third-order valence-corrected chi connectivity index (χ3v) is 5.10. The molecule has 0 unspecified atom stereocenters. The van der Waals surface area contributed by atoms with E-state index in [1.807, 2.05) is 32.9 Å². The van der Waals surface area contributed by atoms with Gasteiger partial charge in [0.05, 0.1) is 5.56 Å². The normalized spacial score (nSPS) is 10.9. The zero-order chi connectivity index (χ0) is 14.9. The quantitative estimate of drug-likeness (QED) is 0.620. The van der Waals surface area contributed by atoms with Crippen molar-refractivity contribution < 1.29 is 34.9 Å². The molecule has 0 bridgehead atoms. The van der Waals surface area contributed by atoms with E-state index in [-0.39, 0.29) is 25.6 Å². The fraction of sp³-hybridized carbons (Fsp3) is 0.188. The second-order valence-electron chi connectivity index (χ2n) is 5.02. The Morgan fingerprint density at radius 3 is 1.95 bits per heavy atom. The van der Waals surface area contributed by atoms with E-state index in [9.17, 15) is 14.6 Å². The van der Waals surface area contributed by atoms with Gasteiger partial charge in [0.2, 0.25) is 0 Å². The van der Waals surface area contributed by atoms with Crippen molar-refractivity contribution in [1.82, 2.24) is 0 Å². The van der Waals surface area contributed by atoms with Crippen LogP contribution >= 0.6 is 7.72 Å². The molecular formula is C16H19LiO3P+. The van der Waals surface area contributed by atoms with E-state index >= 15 is 0 Å². The molecule has 2 aromatic rings. The van der Waals surface area contributed by atoms with Gasteiger partial charge >= 0.3 is 32.1 Å². The van der Waals surface area contributed by atoms with Gasteiger partial charge in [-0.2, -0.15) is 0 Å². The number of carbonyl (C=O) groups excluding carboxylic acids is 1. The molecule has 0 spiro atoms. The first-order valence-corrected chi connectivity index (χ1v) is 8.06. The second kappa shape index (κ2) is 6.88. The number of carbonyl (C=O) groups is 1. The maximum atomic E-state index is 12.6. The third kappa shape index (κ3) is 3.63. The molecule has 0 fully saturated rings. The van der Waals surface area contributed by atoms with E-state index in [2.05, 4.69) is 0 Å². The first kappa shape index (κ1) is 18.1. The Morgan fingerprint density at radius 2 is 1.48 bits per heavy atom. The molecule has 0 aromatic heterocycles. The first-order valence-electron chi connectivity index (χ1n) is 6.37. The summed E-state index contributed by atoms with van der Waals surface area (Å²) in [5.41, 5.74) is 2.43. The smallest absolute Gasteiger partial charge is 1.00 e. The van der Waals surface area contributed by atoms with Gasteiger partial charge in [0, 0.05) is 0 Å². The molecule has 0 aliphatic heterocycles. The molecule has 0 atom stereocenters. The Hall–Kier alpha value is -0.943. The van der Waals surface area contributed by atoms with Gasteiger partial charge in [0.15, 0.2) is 5.30 Å². The van der Waals surface area contributed by atoms with E-state index in [4.69, 9.17) is 0 Å². The van der Waals surface area contributed by atoms with Crippen LogP contribution in [0.4, 0.5) is 0 Å². The fourth-order valence-electron chi connectivity index (χ4n) is 2.43. The van der Waals surface area contributed by atoms with Crippen LogP contribution in [0.2, 0.25) is 0 Å². The van der Waals surface area contributed by atoms with E-state index in [1.165, 1.54) is 0 Å². The van der Waals surface area contributed by atoms with Crippen LogP contribution < -0.4 is 24.2 Å². The molecule has 0 saturated carbocycles. The average molecular weight is 297 g/mol. The van der Waals surface area contributed by atoms with E-state index in [0.29, 0.717) is 5.56 Å². The fourth-order valence-corrected chi connectivity index (χ4v) is 3.91. The van der Waals surface area contributed by atoms with Crippen molar-refractivity contribution in [3.8, 4) is 0 Å². The van der Waals surface area contributed by atoms with Crippen LogP contribution in [0, 0.1) is 20.8 Å². The van der Waals surface area contributed by atoms with Crippen LogP contribution in [0.5, 0.6) is 0 Å². The SMILES string of the molecule is Cc1cc(C)c(C(=O)[P+](O)(O)c2ccccc2)c(C)c1.[H-].[Li+]. The van der Waals surface area contributed by atoms with Crippen molar-refractivity contribution in [3.63, 3.8) is 0 Å². The van der Waals surface area contributed by atoms with E-state index in [0.717, 1.165) is 16.7 Å². The molecule has 0 aliphatic rings. The zero-order valence-corrected chi connectivity index (χ0v) is 13.7. The maximum Gasteiger partial charge on any atom is 1.00 e. The van der Waals surface area contributed by atoms with Crippen LogP contribution in [0.1, 0.15) is 28.5 Å². The molecule has 21 heavy (non-hydrogen) atoms. The van der Waals surface area contributed by atoms with Crippen molar-refractivity contribution in [2.45, 2.75) is 20.8 Å². The van der Waals surface area contributed by atoms with Gasteiger partial charge < -0.3 is 1.43 Å². The monoisotopic (exact) mass is 297 g/mol. The minimum atomic E-state index is -3.82.